The van der Waals surface area contributed by atoms with Crippen LogP contribution in [0.1, 0.15) is 43.6 Å². The van der Waals surface area contributed by atoms with Crippen molar-refractivity contribution in [3.63, 3.8) is 0 Å². The zero-order chi connectivity index (χ0) is 20.5. The van der Waals surface area contributed by atoms with Gasteiger partial charge in [-0.05, 0) is 37.5 Å². The molecular formula is C20H22BN2O4P. The van der Waals surface area contributed by atoms with E-state index in [1.54, 1.807) is 24.3 Å². The number of nitriles is 1. The van der Waals surface area contributed by atoms with Crippen LogP contribution in [0.2, 0.25) is 0 Å². The highest BCUT2D eigenvalue weighted by molar-refractivity contribution is 7.79. The summed E-state index contributed by atoms with van der Waals surface area (Å²) in [6, 6.07) is 10.5. The molecule has 0 bridgehead atoms. The maximum absolute atomic E-state index is 11.7. The molecule has 1 aliphatic rings. The molecule has 3 rings (SSSR count). The third-order valence-corrected chi connectivity index (χ3v) is 7.27. The first-order valence-corrected chi connectivity index (χ1v) is 9.96. The van der Waals surface area contributed by atoms with Crippen LogP contribution < -0.4 is 14.9 Å². The lowest BCUT2D eigenvalue weighted by Crippen LogP contribution is -2.40. The van der Waals surface area contributed by atoms with E-state index in [9.17, 15) is 10.1 Å². The second-order valence-electron chi connectivity index (χ2n) is 7.61. The molecule has 0 spiro atoms. The minimum absolute atomic E-state index is 0.0131. The first-order chi connectivity index (χ1) is 13.2. The van der Waals surface area contributed by atoms with Crippen molar-refractivity contribution in [2.45, 2.75) is 38.5 Å². The van der Waals surface area contributed by atoms with Gasteiger partial charge in [-0.15, -0.1) is 8.46 Å². The predicted octanol–water partition coefficient (Wildman–Crippen LogP) is 3.53. The van der Waals surface area contributed by atoms with Crippen molar-refractivity contribution in [2.75, 3.05) is 7.11 Å². The molecule has 1 aliphatic heterocycles. The number of ether oxygens (including phenoxy) is 2. The van der Waals surface area contributed by atoms with Crippen molar-refractivity contribution < 1.29 is 18.9 Å². The molecule has 0 amide bonds. The van der Waals surface area contributed by atoms with Crippen LogP contribution in [0.3, 0.4) is 0 Å². The average molecular weight is 396 g/mol. The molecule has 28 heavy (non-hydrogen) atoms. The Morgan fingerprint density at radius 3 is 2.57 bits per heavy atom. The smallest absolute Gasteiger partial charge is 0.354 e. The van der Waals surface area contributed by atoms with E-state index in [0.717, 1.165) is 11.7 Å². The number of carbonyl (C=O) groups is 1. The van der Waals surface area contributed by atoms with Gasteiger partial charge in [0.1, 0.15) is 23.7 Å². The summed E-state index contributed by atoms with van der Waals surface area (Å²) in [4.78, 5) is 15.9. The van der Waals surface area contributed by atoms with Crippen LogP contribution in [-0.4, -0.2) is 35.8 Å². The summed E-state index contributed by atoms with van der Waals surface area (Å²) in [7, 11) is 2.02. The van der Waals surface area contributed by atoms with Gasteiger partial charge in [0, 0.05) is 16.8 Å². The van der Waals surface area contributed by atoms with Gasteiger partial charge in [-0.1, -0.05) is 19.9 Å². The summed E-state index contributed by atoms with van der Waals surface area (Å²) in [6.45, 7) is 8.39. The molecule has 144 valence electrons. The Bertz CT molecular complexity index is 940. The van der Waals surface area contributed by atoms with Crippen molar-refractivity contribution in [3.05, 3.63) is 41.5 Å². The number of aldehydes is 1. The highest BCUT2D eigenvalue weighted by atomic mass is 31.1. The van der Waals surface area contributed by atoms with Gasteiger partial charge < -0.3 is 14.1 Å². The Kier molecular flexibility index (Phi) is 5.47. The molecular weight excluding hydrogens is 374 g/mol. The minimum atomic E-state index is -0.280. The average Bonchev–Trinajstić information content (AvgIpc) is 2.88. The highest BCUT2D eigenvalue weighted by Gasteiger charge is 2.50. The lowest BCUT2D eigenvalue weighted by molar-refractivity contribution is 0.0932. The lowest BCUT2D eigenvalue weighted by Gasteiger charge is -2.33. The van der Waals surface area contributed by atoms with Gasteiger partial charge in [-0.3, -0.25) is 4.79 Å². The molecule has 1 saturated heterocycles. The largest absolute Gasteiger partial charge is 0.481 e. The fourth-order valence-corrected chi connectivity index (χ4v) is 4.72. The first kappa shape index (κ1) is 20.3. The van der Waals surface area contributed by atoms with Gasteiger partial charge in [0.2, 0.25) is 11.8 Å². The van der Waals surface area contributed by atoms with Crippen molar-refractivity contribution in [1.82, 2.24) is 4.98 Å². The van der Waals surface area contributed by atoms with Gasteiger partial charge in [0.15, 0.2) is 0 Å². The van der Waals surface area contributed by atoms with Gasteiger partial charge in [0.25, 0.3) is 0 Å². The van der Waals surface area contributed by atoms with E-state index in [1.807, 2.05) is 12.1 Å². The van der Waals surface area contributed by atoms with E-state index >= 15 is 0 Å². The molecule has 2 aromatic rings. The third-order valence-electron chi connectivity index (χ3n) is 5.26. The zero-order valence-corrected chi connectivity index (χ0v) is 17.6. The van der Waals surface area contributed by atoms with Crippen molar-refractivity contribution in [1.29, 1.82) is 5.26 Å². The predicted molar refractivity (Wildman–Crippen MR) is 110 cm³/mol. The maximum atomic E-state index is 11.7. The van der Waals surface area contributed by atoms with E-state index in [0.29, 0.717) is 25.7 Å². The molecule has 0 saturated carbocycles. The van der Waals surface area contributed by atoms with E-state index in [4.69, 9.17) is 14.1 Å². The molecule has 0 radical (unpaired) electrons. The van der Waals surface area contributed by atoms with Crippen LogP contribution in [0.5, 0.6) is 17.5 Å². The fraction of sp³-hybridized carbons (Fsp3) is 0.350. The van der Waals surface area contributed by atoms with Crippen molar-refractivity contribution in [3.8, 4) is 23.6 Å². The van der Waals surface area contributed by atoms with Crippen molar-refractivity contribution in [2.24, 2.45) is 0 Å². The Morgan fingerprint density at radius 1 is 1.25 bits per heavy atom. The van der Waals surface area contributed by atoms with Gasteiger partial charge in [-0.2, -0.15) is 10.2 Å². The first-order valence-electron chi connectivity index (χ1n) is 8.88. The number of hydrogen-bond donors (Lipinski definition) is 0. The second-order valence-corrected chi connectivity index (χ2v) is 9.67. The number of hydrogen-bond acceptors (Lipinski definition) is 6. The Balaban J connectivity index is 1.91. The van der Waals surface area contributed by atoms with Crippen LogP contribution >= 0.6 is 8.46 Å². The monoisotopic (exact) mass is 396 g/mol. The number of carbonyl (C=O) groups excluding carboxylic acids is 1. The molecule has 0 N–H and O–H groups in total. The van der Waals surface area contributed by atoms with Gasteiger partial charge in [0.05, 0.1) is 12.7 Å². The molecule has 1 atom stereocenters. The number of methoxy groups -OCH3 is 1. The summed E-state index contributed by atoms with van der Waals surface area (Å²) in [6.07, 6.45) is 0.804. The van der Waals surface area contributed by atoms with Crippen LogP contribution in [-0.2, 0) is 4.65 Å². The molecule has 0 aliphatic carbocycles. The number of benzene rings is 1. The molecule has 6 nitrogen and oxygen atoms in total. The van der Waals surface area contributed by atoms with Crippen LogP contribution in [0, 0.1) is 11.3 Å². The Labute approximate surface area is 167 Å². The number of pyridine rings is 1. The van der Waals surface area contributed by atoms with Gasteiger partial charge in [-0.25, -0.2) is 0 Å². The molecule has 1 aromatic heterocycles. The fourth-order valence-electron chi connectivity index (χ4n) is 2.88. The molecule has 1 fully saturated rings. The van der Waals surface area contributed by atoms with Crippen molar-refractivity contribution >= 4 is 26.8 Å². The van der Waals surface area contributed by atoms with Crippen LogP contribution in [0.25, 0.3) is 0 Å². The molecule has 1 aromatic carbocycles. The van der Waals surface area contributed by atoms with E-state index in [-0.39, 0.29) is 28.8 Å². The maximum Gasteiger partial charge on any atom is 0.354 e. The SMILES string of the molecule is COc1ccc(C#N)c(Oc2ccc(B3OC(C)(C)C(C)(C)P3)c(C=O)c2)n1. The Hall–Kier alpha value is -2.42. The zero-order valence-electron chi connectivity index (χ0n) is 16.6. The third kappa shape index (κ3) is 3.76. The minimum Gasteiger partial charge on any atom is -0.481 e. The molecule has 1 unspecified atom stereocenters. The normalized spacial score (nSPS) is 17.9. The quantitative estimate of drug-likeness (QED) is 0.437. The topological polar surface area (TPSA) is 81.4 Å². The van der Waals surface area contributed by atoms with Crippen LogP contribution in [0.15, 0.2) is 30.3 Å². The molecule has 2 heterocycles. The highest BCUT2D eigenvalue weighted by Crippen LogP contribution is 2.51. The van der Waals surface area contributed by atoms with Crippen LogP contribution in [0.4, 0.5) is 0 Å². The second kappa shape index (κ2) is 7.54. The number of rotatable bonds is 5. The Morgan fingerprint density at radius 2 is 2.00 bits per heavy atom. The number of aromatic nitrogens is 1. The summed E-state index contributed by atoms with van der Waals surface area (Å²) in [5, 5.41) is 9.28. The molecule has 8 heteroatoms. The summed E-state index contributed by atoms with van der Waals surface area (Å²) >= 11 is 0. The van der Waals surface area contributed by atoms with E-state index in [1.165, 1.54) is 7.11 Å². The number of nitrogens with zero attached hydrogens (tertiary/aromatic N) is 2. The van der Waals surface area contributed by atoms with E-state index < -0.39 is 0 Å². The standard InChI is InChI=1S/C20H22BN2O4P/c1-19(2)20(3,4)28-21(27-19)16-8-7-15(10-14(16)12-24)26-18-13(11-22)6-9-17(23-18)25-5/h6-10,12,28H,1-5H3. The van der Waals surface area contributed by atoms with E-state index in [2.05, 4.69) is 32.7 Å². The summed E-state index contributed by atoms with van der Waals surface area (Å²) in [5.41, 5.74) is 1.35. The summed E-state index contributed by atoms with van der Waals surface area (Å²) in [5.74, 6) is 0.891. The summed E-state index contributed by atoms with van der Waals surface area (Å²) < 4.78 is 17.1. The van der Waals surface area contributed by atoms with Gasteiger partial charge >= 0.3 is 6.64 Å². The lowest BCUT2D eigenvalue weighted by atomic mass is 9.80.